The Morgan fingerprint density at radius 3 is 2.47 bits per heavy atom. The van der Waals surface area contributed by atoms with Crippen LogP contribution in [0.25, 0.3) is 0 Å². The number of hydrogen-bond acceptors (Lipinski definition) is 7. The molecule has 0 aromatic carbocycles. The fourth-order valence-electron chi connectivity index (χ4n) is 1.64. The maximum absolute atomic E-state index is 11.4. The Bertz CT molecular complexity index is 412. The van der Waals surface area contributed by atoms with E-state index in [1.165, 1.54) is 13.2 Å². The molecular formula is C12H16O7. The molecule has 1 aliphatic carbocycles. The molecule has 19 heavy (non-hydrogen) atoms. The van der Waals surface area contributed by atoms with Crippen LogP contribution in [0, 0.1) is 0 Å². The standard InChI is InChI=1S/C12H16O7/c1-6(11(15)17-2)19-9-5-7(12(16)18-3)4-8(13)10(9)14/h5,8-10,13-14H,1,4H2,2-3H3/t8-,9-,10-/m1/s1. The van der Waals surface area contributed by atoms with Crippen molar-refractivity contribution >= 4 is 11.9 Å². The SMILES string of the molecule is C=C(O[C@@H]1C=C(C(=O)OC)C[C@@H](O)[C@H]1O)C(=O)OC. The zero-order valence-electron chi connectivity index (χ0n) is 10.7. The maximum atomic E-state index is 11.4. The molecule has 0 aromatic heterocycles. The van der Waals surface area contributed by atoms with E-state index in [1.807, 2.05) is 0 Å². The number of esters is 2. The van der Waals surface area contributed by atoms with Gasteiger partial charge < -0.3 is 24.4 Å². The number of ether oxygens (including phenoxy) is 3. The van der Waals surface area contributed by atoms with E-state index in [4.69, 9.17) is 4.74 Å². The first-order valence-electron chi connectivity index (χ1n) is 5.49. The van der Waals surface area contributed by atoms with Crippen LogP contribution in [-0.2, 0) is 23.8 Å². The molecule has 0 fully saturated rings. The predicted molar refractivity (Wildman–Crippen MR) is 62.8 cm³/mol. The van der Waals surface area contributed by atoms with Crippen LogP contribution in [0.4, 0.5) is 0 Å². The van der Waals surface area contributed by atoms with Gasteiger partial charge in [0, 0.05) is 12.0 Å². The molecule has 0 bridgehead atoms. The molecule has 0 heterocycles. The monoisotopic (exact) mass is 272 g/mol. The normalized spacial score (nSPS) is 26.1. The second-order valence-electron chi connectivity index (χ2n) is 3.94. The molecule has 0 amide bonds. The summed E-state index contributed by atoms with van der Waals surface area (Å²) in [6, 6.07) is 0. The summed E-state index contributed by atoms with van der Waals surface area (Å²) in [5.41, 5.74) is 0.156. The van der Waals surface area contributed by atoms with Crippen molar-refractivity contribution in [2.75, 3.05) is 14.2 Å². The van der Waals surface area contributed by atoms with E-state index in [0.29, 0.717) is 0 Å². The van der Waals surface area contributed by atoms with Crippen LogP contribution in [-0.4, -0.2) is 54.7 Å². The molecule has 7 heteroatoms. The van der Waals surface area contributed by atoms with Crippen molar-refractivity contribution in [3.8, 4) is 0 Å². The largest absolute Gasteiger partial charge is 0.477 e. The Labute approximate surface area is 110 Å². The van der Waals surface area contributed by atoms with Gasteiger partial charge in [-0.1, -0.05) is 0 Å². The first-order valence-corrected chi connectivity index (χ1v) is 5.49. The highest BCUT2D eigenvalue weighted by atomic mass is 16.6. The van der Waals surface area contributed by atoms with E-state index in [1.54, 1.807) is 0 Å². The number of carbonyl (C=O) groups excluding carboxylic acids is 2. The Morgan fingerprint density at radius 2 is 1.95 bits per heavy atom. The van der Waals surface area contributed by atoms with Gasteiger partial charge in [0.25, 0.3) is 0 Å². The Kier molecular flexibility index (Phi) is 5.08. The van der Waals surface area contributed by atoms with Gasteiger partial charge in [-0.15, -0.1) is 0 Å². The van der Waals surface area contributed by atoms with E-state index in [9.17, 15) is 19.8 Å². The van der Waals surface area contributed by atoms with E-state index >= 15 is 0 Å². The van der Waals surface area contributed by atoms with Gasteiger partial charge in [-0.25, -0.2) is 9.59 Å². The number of rotatable bonds is 4. The van der Waals surface area contributed by atoms with Gasteiger partial charge in [0.05, 0.1) is 20.3 Å². The molecule has 0 aromatic rings. The Balaban J connectivity index is 2.87. The Morgan fingerprint density at radius 1 is 1.32 bits per heavy atom. The van der Waals surface area contributed by atoms with Crippen LogP contribution in [0.3, 0.4) is 0 Å². The summed E-state index contributed by atoms with van der Waals surface area (Å²) >= 11 is 0. The lowest BCUT2D eigenvalue weighted by Gasteiger charge is -2.30. The Hall–Kier alpha value is -1.86. The molecule has 3 atom stereocenters. The van der Waals surface area contributed by atoms with Gasteiger partial charge in [0.2, 0.25) is 0 Å². The number of methoxy groups -OCH3 is 2. The molecule has 0 spiro atoms. The highest BCUT2D eigenvalue weighted by Crippen LogP contribution is 2.24. The van der Waals surface area contributed by atoms with Gasteiger partial charge in [-0.3, -0.25) is 0 Å². The van der Waals surface area contributed by atoms with Crippen LogP contribution in [0.5, 0.6) is 0 Å². The summed E-state index contributed by atoms with van der Waals surface area (Å²) in [6.45, 7) is 3.33. The summed E-state index contributed by atoms with van der Waals surface area (Å²) in [5.74, 6) is -1.77. The topological polar surface area (TPSA) is 102 Å². The summed E-state index contributed by atoms with van der Waals surface area (Å²) in [5, 5.41) is 19.4. The molecule has 1 aliphatic rings. The van der Waals surface area contributed by atoms with Crippen molar-refractivity contribution < 1.29 is 34.0 Å². The predicted octanol–water partition coefficient (Wildman–Crippen LogP) is -0.717. The molecular weight excluding hydrogens is 256 g/mol. The molecule has 0 unspecified atom stereocenters. The minimum Gasteiger partial charge on any atom is -0.477 e. The number of carbonyl (C=O) groups is 2. The average Bonchev–Trinajstić information content (AvgIpc) is 2.41. The van der Waals surface area contributed by atoms with Gasteiger partial charge >= 0.3 is 11.9 Å². The number of aliphatic hydroxyl groups excluding tert-OH is 2. The van der Waals surface area contributed by atoms with Crippen molar-refractivity contribution in [1.29, 1.82) is 0 Å². The van der Waals surface area contributed by atoms with E-state index in [2.05, 4.69) is 16.1 Å². The molecule has 106 valence electrons. The van der Waals surface area contributed by atoms with E-state index in [0.717, 1.165) is 7.11 Å². The van der Waals surface area contributed by atoms with Crippen molar-refractivity contribution in [1.82, 2.24) is 0 Å². The van der Waals surface area contributed by atoms with Gasteiger partial charge in [0.1, 0.15) is 12.2 Å². The second kappa shape index (κ2) is 6.35. The molecule has 0 radical (unpaired) electrons. The molecule has 0 saturated carbocycles. The fourth-order valence-corrected chi connectivity index (χ4v) is 1.64. The first kappa shape index (κ1) is 15.2. The maximum Gasteiger partial charge on any atom is 0.372 e. The highest BCUT2D eigenvalue weighted by Gasteiger charge is 2.35. The lowest BCUT2D eigenvalue weighted by molar-refractivity contribution is -0.143. The third-order valence-electron chi connectivity index (χ3n) is 2.66. The van der Waals surface area contributed by atoms with Crippen molar-refractivity contribution in [3.63, 3.8) is 0 Å². The second-order valence-corrected chi connectivity index (χ2v) is 3.94. The van der Waals surface area contributed by atoms with Crippen molar-refractivity contribution in [2.45, 2.75) is 24.7 Å². The van der Waals surface area contributed by atoms with Gasteiger partial charge in [0.15, 0.2) is 5.76 Å². The van der Waals surface area contributed by atoms with Crippen LogP contribution in [0.2, 0.25) is 0 Å². The van der Waals surface area contributed by atoms with Crippen molar-refractivity contribution in [2.24, 2.45) is 0 Å². The summed E-state index contributed by atoms with van der Waals surface area (Å²) in [6.07, 6.45) is -2.33. The molecule has 2 N–H and O–H groups in total. The van der Waals surface area contributed by atoms with Gasteiger partial charge in [-0.05, 0) is 12.7 Å². The third-order valence-corrected chi connectivity index (χ3v) is 2.66. The highest BCUT2D eigenvalue weighted by molar-refractivity contribution is 5.89. The molecule has 1 rings (SSSR count). The first-order chi connectivity index (χ1) is 8.90. The van der Waals surface area contributed by atoms with E-state index < -0.39 is 30.3 Å². The molecule has 7 nitrogen and oxygen atoms in total. The molecule has 0 aliphatic heterocycles. The van der Waals surface area contributed by atoms with Crippen molar-refractivity contribution in [3.05, 3.63) is 24.0 Å². The zero-order chi connectivity index (χ0) is 14.6. The summed E-state index contributed by atoms with van der Waals surface area (Å²) in [4.78, 5) is 22.5. The lowest BCUT2D eigenvalue weighted by atomic mass is 9.92. The number of aliphatic hydroxyl groups is 2. The molecule has 0 saturated heterocycles. The fraction of sp³-hybridized carbons (Fsp3) is 0.500. The third kappa shape index (κ3) is 3.55. The minimum atomic E-state index is -1.28. The van der Waals surface area contributed by atoms with Crippen LogP contribution in [0.1, 0.15) is 6.42 Å². The van der Waals surface area contributed by atoms with Crippen LogP contribution in [0.15, 0.2) is 24.0 Å². The zero-order valence-corrected chi connectivity index (χ0v) is 10.7. The minimum absolute atomic E-state index is 0.0571. The smallest absolute Gasteiger partial charge is 0.372 e. The summed E-state index contributed by atoms with van der Waals surface area (Å²) < 4.78 is 14.0. The van der Waals surface area contributed by atoms with E-state index in [-0.39, 0.29) is 17.8 Å². The van der Waals surface area contributed by atoms with Crippen LogP contribution < -0.4 is 0 Å². The van der Waals surface area contributed by atoms with Crippen LogP contribution >= 0.6 is 0 Å². The summed E-state index contributed by atoms with van der Waals surface area (Å²) in [7, 11) is 2.35. The lowest BCUT2D eigenvalue weighted by Crippen LogP contribution is -2.42. The average molecular weight is 272 g/mol. The quantitative estimate of drug-likeness (QED) is 0.395. The number of hydrogen-bond donors (Lipinski definition) is 2. The van der Waals surface area contributed by atoms with Gasteiger partial charge in [-0.2, -0.15) is 0 Å².